The third-order valence-corrected chi connectivity index (χ3v) is 5.06. The van der Waals surface area contributed by atoms with E-state index < -0.39 is 0 Å². The van der Waals surface area contributed by atoms with Gasteiger partial charge in [-0.2, -0.15) is 0 Å². The molecule has 1 saturated heterocycles. The highest BCUT2D eigenvalue weighted by Gasteiger charge is 2.29. The third-order valence-electron chi connectivity index (χ3n) is 4.04. The van der Waals surface area contributed by atoms with Crippen LogP contribution < -0.4 is 10.6 Å². The van der Waals surface area contributed by atoms with Crippen LogP contribution in [-0.2, 0) is 4.79 Å². The molecule has 2 N–H and O–H groups in total. The van der Waals surface area contributed by atoms with Crippen molar-refractivity contribution in [3.63, 3.8) is 0 Å². The van der Waals surface area contributed by atoms with Crippen molar-refractivity contribution in [1.29, 1.82) is 0 Å². The van der Waals surface area contributed by atoms with E-state index in [1.807, 2.05) is 25.6 Å². The van der Waals surface area contributed by atoms with Crippen molar-refractivity contribution in [3.8, 4) is 0 Å². The maximum absolute atomic E-state index is 12.2. The molecular formula is C17H27ClN2OS. The van der Waals surface area contributed by atoms with Gasteiger partial charge < -0.3 is 10.6 Å². The lowest BCUT2D eigenvalue weighted by Crippen LogP contribution is -2.49. The van der Waals surface area contributed by atoms with E-state index in [-0.39, 0.29) is 30.3 Å². The van der Waals surface area contributed by atoms with Gasteiger partial charge in [0.15, 0.2) is 0 Å². The molecule has 124 valence electrons. The number of benzene rings is 1. The number of carbonyl (C=O) groups is 1. The molecule has 2 unspecified atom stereocenters. The Morgan fingerprint density at radius 1 is 1.18 bits per heavy atom. The van der Waals surface area contributed by atoms with Gasteiger partial charge in [0.05, 0.1) is 6.04 Å². The van der Waals surface area contributed by atoms with E-state index in [2.05, 4.69) is 48.7 Å². The minimum Gasteiger partial charge on any atom is -0.349 e. The molecule has 1 amide bonds. The first-order chi connectivity index (χ1) is 9.97. The van der Waals surface area contributed by atoms with Gasteiger partial charge in [-0.3, -0.25) is 4.79 Å². The van der Waals surface area contributed by atoms with Gasteiger partial charge in [-0.15, -0.1) is 24.2 Å². The van der Waals surface area contributed by atoms with Crippen molar-refractivity contribution < 1.29 is 4.79 Å². The van der Waals surface area contributed by atoms with Gasteiger partial charge in [-0.05, 0) is 43.6 Å². The Labute approximate surface area is 144 Å². The van der Waals surface area contributed by atoms with E-state index in [9.17, 15) is 4.79 Å². The van der Waals surface area contributed by atoms with E-state index in [1.165, 1.54) is 4.90 Å². The van der Waals surface area contributed by atoms with Gasteiger partial charge in [0, 0.05) is 16.1 Å². The van der Waals surface area contributed by atoms with Gasteiger partial charge in [-0.25, -0.2) is 0 Å². The van der Waals surface area contributed by atoms with Gasteiger partial charge in [0.25, 0.3) is 0 Å². The molecule has 1 heterocycles. The lowest BCUT2D eigenvalue weighted by molar-refractivity contribution is -0.127. The summed E-state index contributed by atoms with van der Waals surface area (Å²) in [6.07, 6.45) is 0. The highest BCUT2D eigenvalue weighted by atomic mass is 35.5. The van der Waals surface area contributed by atoms with Crippen LogP contribution in [0.15, 0.2) is 29.2 Å². The number of carbonyl (C=O) groups excluding carboxylic acids is 1. The first-order valence-corrected chi connectivity index (χ1v) is 8.63. The van der Waals surface area contributed by atoms with Crippen LogP contribution in [0.25, 0.3) is 0 Å². The van der Waals surface area contributed by atoms with Crippen LogP contribution in [0.1, 0.15) is 39.3 Å². The Bertz CT molecular complexity index is 474. The summed E-state index contributed by atoms with van der Waals surface area (Å²) >= 11 is 1.86. The minimum atomic E-state index is 0. The molecule has 1 aromatic rings. The molecule has 2 rings (SSSR count). The molecule has 0 spiro atoms. The number of hydrogen-bond donors (Lipinski definition) is 2. The quantitative estimate of drug-likeness (QED) is 0.775. The number of halogens is 1. The number of rotatable bonds is 6. The third kappa shape index (κ3) is 5.18. The Hall–Kier alpha value is -0.710. The fraction of sp³-hybridized carbons (Fsp3) is 0.588. The van der Waals surface area contributed by atoms with Crippen LogP contribution in [-0.4, -0.2) is 24.2 Å². The maximum atomic E-state index is 12.2. The van der Waals surface area contributed by atoms with Gasteiger partial charge >= 0.3 is 0 Å². The van der Waals surface area contributed by atoms with Crippen molar-refractivity contribution in [2.75, 3.05) is 13.1 Å². The first kappa shape index (κ1) is 19.3. The summed E-state index contributed by atoms with van der Waals surface area (Å²) in [4.78, 5) is 13.5. The summed E-state index contributed by atoms with van der Waals surface area (Å²) in [6.45, 7) is 10.4. The van der Waals surface area contributed by atoms with E-state index in [1.54, 1.807) is 0 Å². The molecule has 3 nitrogen and oxygen atoms in total. The molecule has 2 atom stereocenters. The van der Waals surface area contributed by atoms with Crippen LogP contribution in [0.3, 0.4) is 0 Å². The number of amides is 1. The van der Waals surface area contributed by atoms with Crippen molar-refractivity contribution >= 4 is 30.1 Å². The minimum absolute atomic E-state index is 0. The van der Waals surface area contributed by atoms with E-state index >= 15 is 0 Å². The van der Waals surface area contributed by atoms with Crippen LogP contribution >= 0.6 is 24.2 Å². The van der Waals surface area contributed by atoms with Crippen LogP contribution in [0.2, 0.25) is 0 Å². The highest BCUT2D eigenvalue weighted by molar-refractivity contribution is 7.99. The number of hydrogen-bond acceptors (Lipinski definition) is 3. The summed E-state index contributed by atoms with van der Waals surface area (Å²) < 4.78 is 0. The fourth-order valence-electron chi connectivity index (χ4n) is 2.41. The second-order valence-corrected chi connectivity index (χ2v) is 7.82. The zero-order valence-corrected chi connectivity index (χ0v) is 15.4. The second kappa shape index (κ2) is 8.80. The Balaban J connectivity index is 0.00000242. The predicted molar refractivity (Wildman–Crippen MR) is 96.8 cm³/mol. The van der Waals surface area contributed by atoms with Gasteiger partial charge in [-0.1, -0.05) is 32.9 Å². The van der Waals surface area contributed by atoms with E-state index in [4.69, 9.17) is 0 Å². The molecule has 1 aromatic carbocycles. The zero-order valence-electron chi connectivity index (χ0n) is 13.8. The Morgan fingerprint density at radius 3 is 2.23 bits per heavy atom. The van der Waals surface area contributed by atoms with E-state index in [0.717, 1.165) is 18.7 Å². The summed E-state index contributed by atoms with van der Waals surface area (Å²) in [5, 5.41) is 6.94. The van der Waals surface area contributed by atoms with Crippen LogP contribution in [0, 0.1) is 11.8 Å². The van der Waals surface area contributed by atoms with Crippen molar-refractivity contribution in [2.45, 2.75) is 43.9 Å². The fourth-order valence-corrected chi connectivity index (χ4v) is 3.25. The molecule has 0 bridgehead atoms. The molecule has 5 heteroatoms. The molecule has 0 saturated carbocycles. The molecule has 0 aromatic heterocycles. The standard InChI is InChI=1S/C17H26N2OS.ClH/c1-11(2)21-16-7-5-14(6-8-16)13(4)19-17(20)12(3)15-9-18-10-15;/h5-8,11-13,15,18H,9-10H2,1-4H3,(H,19,20);1H. The molecule has 22 heavy (non-hydrogen) atoms. The average Bonchev–Trinajstić information content (AvgIpc) is 2.36. The molecule has 1 aliphatic rings. The number of thioether (sulfide) groups is 1. The van der Waals surface area contributed by atoms with Crippen LogP contribution in [0.5, 0.6) is 0 Å². The SMILES string of the molecule is CC(C)Sc1ccc(C(C)NC(=O)C(C)C2CNC2)cc1.Cl. The van der Waals surface area contributed by atoms with Crippen molar-refractivity contribution in [1.82, 2.24) is 10.6 Å². The zero-order chi connectivity index (χ0) is 15.4. The predicted octanol–water partition coefficient (Wildman–Crippen LogP) is 3.64. The average molecular weight is 343 g/mol. The van der Waals surface area contributed by atoms with E-state index in [0.29, 0.717) is 11.2 Å². The summed E-state index contributed by atoms with van der Waals surface area (Å²) in [5.74, 6) is 0.737. The lowest BCUT2D eigenvalue weighted by Gasteiger charge is -2.32. The molecular weight excluding hydrogens is 316 g/mol. The molecule has 1 aliphatic heterocycles. The summed E-state index contributed by atoms with van der Waals surface area (Å²) in [6, 6.07) is 8.58. The van der Waals surface area contributed by atoms with Gasteiger partial charge in [0.1, 0.15) is 0 Å². The molecule has 0 aliphatic carbocycles. The Kier molecular flexibility index (Phi) is 7.74. The largest absolute Gasteiger partial charge is 0.349 e. The maximum Gasteiger partial charge on any atom is 0.223 e. The van der Waals surface area contributed by atoms with Crippen LogP contribution in [0.4, 0.5) is 0 Å². The van der Waals surface area contributed by atoms with Crippen molar-refractivity contribution in [3.05, 3.63) is 29.8 Å². The first-order valence-electron chi connectivity index (χ1n) is 7.75. The molecule has 0 radical (unpaired) electrons. The monoisotopic (exact) mass is 342 g/mol. The summed E-state index contributed by atoms with van der Waals surface area (Å²) in [5.41, 5.74) is 1.16. The second-order valence-electron chi connectivity index (χ2n) is 6.17. The topological polar surface area (TPSA) is 41.1 Å². The normalized spacial score (nSPS) is 17.3. The lowest BCUT2D eigenvalue weighted by atomic mass is 9.88. The van der Waals surface area contributed by atoms with Gasteiger partial charge in [0.2, 0.25) is 5.91 Å². The Morgan fingerprint density at radius 2 is 1.77 bits per heavy atom. The smallest absolute Gasteiger partial charge is 0.223 e. The number of nitrogens with one attached hydrogen (secondary N) is 2. The summed E-state index contributed by atoms with van der Waals surface area (Å²) in [7, 11) is 0. The van der Waals surface area contributed by atoms with Crippen molar-refractivity contribution in [2.24, 2.45) is 11.8 Å². The highest BCUT2D eigenvalue weighted by Crippen LogP contribution is 2.25. The molecule has 1 fully saturated rings.